The maximum atomic E-state index is 13.6. The number of nitrogens with one attached hydrogen (secondary N) is 2. The smallest absolute Gasteiger partial charge is 0.413 e. The number of esters is 3. The van der Waals surface area contributed by atoms with Crippen LogP contribution in [0, 0.1) is 0 Å². The van der Waals surface area contributed by atoms with Gasteiger partial charge < -0.3 is 34.3 Å². The molecule has 0 spiro atoms. The quantitative estimate of drug-likeness (QED) is 0.0646. The predicted molar refractivity (Wildman–Crippen MR) is 186 cm³/mol. The zero-order valence-corrected chi connectivity index (χ0v) is 27.9. The largest absolute Gasteiger partial charge is 0.459 e. The molecule has 2 N–H and O–H groups in total. The Morgan fingerprint density at radius 3 is 1.45 bits per heavy atom. The molecule has 0 saturated carbocycles. The fourth-order valence-corrected chi connectivity index (χ4v) is 4.71. The summed E-state index contributed by atoms with van der Waals surface area (Å²) in [5, 5.41) is 5.13. The third kappa shape index (κ3) is 14.9. The minimum Gasteiger partial charge on any atom is -0.459 e. The van der Waals surface area contributed by atoms with E-state index < -0.39 is 36.3 Å². The average Bonchev–Trinajstić information content (AvgIpc) is 3.13. The van der Waals surface area contributed by atoms with Crippen LogP contribution < -0.4 is 29.6 Å². The standard InChI is InChI=1S/C39H40N2O10/c42-35(47-29-16-6-1-7-17-29)25-15-5-14-24-34(41-39(46)51-32-22-12-4-13-23-32)37(44)49-33(26-27-36(43)48-30-18-8-2-9-19-30)28-40-38(45)50-31-20-10-3-11-21-31/h1-4,6-13,16-23,33-34H,5,14-15,24-28H2,(H,40,45)(H,41,46). The Morgan fingerprint density at radius 1 is 0.490 bits per heavy atom. The van der Waals surface area contributed by atoms with Crippen molar-refractivity contribution in [1.82, 2.24) is 10.6 Å². The first-order chi connectivity index (χ1) is 24.8. The molecule has 2 unspecified atom stereocenters. The normalized spacial score (nSPS) is 11.6. The van der Waals surface area contributed by atoms with Gasteiger partial charge in [-0.3, -0.25) is 9.59 Å². The fourth-order valence-electron chi connectivity index (χ4n) is 4.71. The Hall–Kier alpha value is -6.17. The Kier molecular flexibility index (Phi) is 15.5. The van der Waals surface area contributed by atoms with Crippen molar-refractivity contribution in [2.75, 3.05) is 6.54 Å². The van der Waals surface area contributed by atoms with E-state index in [0.717, 1.165) is 0 Å². The van der Waals surface area contributed by atoms with Crippen molar-refractivity contribution in [3.05, 3.63) is 121 Å². The molecule has 0 bridgehead atoms. The van der Waals surface area contributed by atoms with E-state index in [1.807, 2.05) is 6.07 Å². The van der Waals surface area contributed by atoms with Crippen LogP contribution in [0.15, 0.2) is 121 Å². The van der Waals surface area contributed by atoms with E-state index in [1.165, 1.54) is 0 Å². The van der Waals surface area contributed by atoms with E-state index in [1.54, 1.807) is 115 Å². The van der Waals surface area contributed by atoms with E-state index >= 15 is 0 Å². The van der Waals surface area contributed by atoms with Gasteiger partial charge in [0.2, 0.25) is 0 Å². The van der Waals surface area contributed by atoms with Crippen LogP contribution in [-0.4, -0.2) is 48.8 Å². The van der Waals surface area contributed by atoms with Crippen LogP contribution in [0.3, 0.4) is 0 Å². The maximum absolute atomic E-state index is 13.6. The molecule has 0 radical (unpaired) electrons. The molecule has 0 saturated heterocycles. The van der Waals surface area contributed by atoms with Gasteiger partial charge in [0.15, 0.2) is 0 Å². The summed E-state index contributed by atoms with van der Waals surface area (Å²) in [4.78, 5) is 63.7. The topological polar surface area (TPSA) is 156 Å². The van der Waals surface area contributed by atoms with Crippen molar-refractivity contribution in [2.45, 2.75) is 57.1 Å². The molecular weight excluding hydrogens is 656 g/mol. The third-order valence-electron chi connectivity index (χ3n) is 7.23. The number of ether oxygens (including phenoxy) is 5. The number of carbonyl (C=O) groups is 5. The van der Waals surface area contributed by atoms with Crippen LogP contribution >= 0.6 is 0 Å². The number of rotatable bonds is 18. The van der Waals surface area contributed by atoms with Crippen LogP contribution in [-0.2, 0) is 19.1 Å². The number of carbonyl (C=O) groups excluding carboxylic acids is 5. The summed E-state index contributed by atoms with van der Waals surface area (Å²) in [5.74, 6) is -0.357. The molecule has 0 fully saturated rings. The minimum atomic E-state index is -1.15. The number of amides is 2. The van der Waals surface area contributed by atoms with Gasteiger partial charge in [0.05, 0.1) is 6.54 Å². The van der Waals surface area contributed by atoms with Gasteiger partial charge in [-0.25, -0.2) is 14.4 Å². The van der Waals surface area contributed by atoms with Crippen LogP contribution in [0.2, 0.25) is 0 Å². The monoisotopic (exact) mass is 696 g/mol. The lowest BCUT2D eigenvalue weighted by atomic mass is 10.1. The lowest BCUT2D eigenvalue weighted by Crippen LogP contribution is -2.46. The number of unbranched alkanes of at least 4 members (excludes halogenated alkanes) is 2. The van der Waals surface area contributed by atoms with E-state index in [2.05, 4.69) is 10.6 Å². The molecule has 4 aromatic carbocycles. The summed E-state index contributed by atoms with van der Waals surface area (Å²) < 4.78 is 27.0. The van der Waals surface area contributed by atoms with E-state index in [-0.39, 0.29) is 43.9 Å². The Balaban J connectivity index is 1.36. The fraction of sp³-hybridized carbons (Fsp3) is 0.256. The van der Waals surface area contributed by atoms with Gasteiger partial charge in [0, 0.05) is 12.8 Å². The highest BCUT2D eigenvalue weighted by Crippen LogP contribution is 2.16. The highest BCUT2D eigenvalue weighted by molar-refractivity contribution is 5.82. The van der Waals surface area contributed by atoms with Gasteiger partial charge in [0.25, 0.3) is 0 Å². The van der Waals surface area contributed by atoms with Crippen molar-refractivity contribution in [3.63, 3.8) is 0 Å². The highest BCUT2D eigenvalue weighted by atomic mass is 16.6. The van der Waals surface area contributed by atoms with Gasteiger partial charge in [0.1, 0.15) is 35.1 Å². The molecule has 4 aromatic rings. The molecule has 12 heteroatoms. The molecule has 12 nitrogen and oxygen atoms in total. The summed E-state index contributed by atoms with van der Waals surface area (Å²) in [6.07, 6.45) is -1.01. The van der Waals surface area contributed by atoms with E-state index in [9.17, 15) is 24.0 Å². The van der Waals surface area contributed by atoms with Gasteiger partial charge in [-0.05, 0) is 67.8 Å². The summed E-state index contributed by atoms with van der Waals surface area (Å²) in [5.41, 5.74) is 0. The second-order valence-electron chi connectivity index (χ2n) is 11.3. The molecule has 0 aliphatic carbocycles. The van der Waals surface area contributed by atoms with Crippen LogP contribution in [0.4, 0.5) is 9.59 Å². The molecule has 0 heterocycles. The number of hydrogen-bond donors (Lipinski definition) is 2. The van der Waals surface area contributed by atoms with Crippen molar-refractivity contribution in [3.8, 4) is 23.0 Å². The molecule has 0 aliphatic heterocycles. The van der Waals surface area contributed by atoms with Crippen LogP contribution in [0.25, 0.3) is 0 Å². The molecule has 0 aliphatic rings. The first-order valence-electron chi connectivity index (χ1n) is 16.6. The molecule has 266 valence electrons. The predicted octanol–water partition coefficient (Wildman–Crippen LogP) is 6.79. The molecule has 51 heavy (non-hydrogen) atoms. The van der Waals surface area contributed by atoms with Crippen LogP contribution in [0.5, 0.6) is 23.0 Å². The zero-order valence-electron chi connectivity index (χ0n) is 27.9. The number of para-hydroxylation sites is 4. The van der Waals surface area contributed by atoms with Crippen molar-refractivity contribution in [2.24, 2.45) is 0 Å². The first kappa shape index (κ1) is 37.6. The molecular formula is C39H40N2O10. The molecule has 2 atom stereocenters. The summed E-state index contributed by atoms with van der Waals surface area (Å²) >= 11 is 0. The van der Waals surface area contributed by atoms with Crippen molar-refractivity contribution >= 4 is 30.1 Å². The third-order valence-corrected chi connectivity index (χ3v) is 7.23. The van der Waals surface area contributed by atoms with Gasteiger partial charge >= 0.3 is 30.1 Å². The molecule has 0 aromatic heterocycles. The first-order valence-corrected chi connectivity index (χ1v) is 16.6. The SMILES string of the molecule is O=C(CCCCCC(NC(=O)Oc1ccccc1)C(=O)OC(CCC(=O)Oc1ccccc1)CNC(=O)Oc1ccccc1)Oc1ccccc1. The van der Waals surface area contributed by atoms with Crippen molar-refractivity contribution in [1.29, 1.82) is 0 Å². The zero-order chi connectivity index (χ0) is 36.1. The summed E-state index contributed by atoms with van der Waals surface area (Å²) in [6, 6.07) is 32.8. The average molecular weight is 697 g/mol. The van der Waals surface area contributed by atoms with Crippen LogP contribution in [0.1, 0.15) is 44.9 Å². The minimum absolute atomic E-state index is 0.00622. The summed E-state index contributed by atoms with van der Waals surface area (Å²) in [6.45, 7) is -0.194. The molecule has 4 rings (SSSR count). The Labute approximate surface area is 296 Å². The number of hydrogen-bond acceptors (Lipinski definition) is 10. The Bertz CT molecular complexity index is 1610. The number of benzene rings is 4. The second-order valence-corrected chi connectivity index (χ2v) is 11.3. The summed E-state index contributed by atoms with van der Waals surface area (Å²) in [7, 11) is 0. The van der Waals surface area contributed by atoms with Crippen molar-refractivity contribution < 1.29 is 47.7 Å². The highest BCUT2D eigenvalue weighted by Gasteiger charge is 2.27. The van der Waals surface area contributed by atoms with E-state index in [0.29, 0.717) is 36.5 Å². The lowest BCUT2D eigenvalue weighted by molar-refractivity contribution is -0.153. The lowest BCUT2D eigenvalue weighted by Gasteiger charge is -2.23. The van der Waals surface area contributed by atoms with Gasteiger partial charge in [-0.1, -0.05) is 85.6 Å². The maximum Gasteiger partial charge on any atom is 0.413 e. The Morgan fingerprint density at radius 2 is 0.941 bits per heavy atom. The van der Waals surface area contributed by atoms with Gasteiger partial charge in [-0.2, -0.15) is 0 Å². The van der Waals surface area contributed by atoms with Gasteiger partial charge in [-0.15, -0.1) is 0 Å². The molecule has 2 amide bonds. The second kappa shape index (κ2) is 21.0. The van der Waals surface area contributed by atoms with E-state index in [4.69, 9.17) is 23.7 Å².